The van der Waals surface area contributed by atoms with Crippen LogP contribution in [0.25, 0.3) is 0 Å². The number of nitrogens with zero attached hydrogens (tertiary/aromatic N) is 2. The average molecular weight is 433 g/mol. The molecule has 2 aromatic carbocycles. The molecule has 0 saturated carbocycles. The fraction of sp³-hybridized carbons (Fsp3) is 0.409. The van der Waals surface area contributed by atoms with Gasteiger partial charge in [-0.05, 0) is 54.8 Å². The average Bonchev–Trinajstić information content (AvgIpc) is 3.26. The van der Waals surface area contributed by atoms with Crippen LogP contribution in [0.3, 0.4) is 0 Å². The highest BCUT2D eigenvalue weighted by Gasteiger charge is 2.25. The molecule has 8 heteroatoms. The van der Waals surface area contributed by atoms with Gasteiger partial charge in [0.15, 0.2) is 0 Å². The van der Waals surface area contributed by atoms with Gasteiger partial charge in [-0.15, -0.1) is 0 Å². The first kappa shape index (κ1) is 22.3. The molecule has 0 bridgehead atoms. The summed E-state index contributed by atoms with van der Waals surface area (Å²) in [4.78, 5) is 15.2. The fourth-order valence-electron chi connectivity index (χ4n) is 3.41. The number of amides is 1. The molecule has 1 saturated heterocycles. The monoisotopic (exact) mass is 432 g/mol. The van der Waals surface area contributed by atoms with E-state index in [4.69, 9.17) is 9.47 Å². The molecule has 0 aliphatic carbocycles. The molecule has 0 unspecified atom stereocenters. The summed E-state index contributed by atoms with van der Waals surface area (Å²) in [7, 11) is 1.02. The second kappa shape index (κ2) is 9.59. The lowest BCUT2D eigenvalue weighted by atomic mass is 10.1. The number of ether oxygens (including phenoxy) is 2. The first-order valence-corrected chi connectivity index (χ1v) is 11.3. The third-order valence-corrected chi connectivity index (χ3v) is 6.95. The van der Waals surface area contributed by atoms with Gasteiger partial charge in [0, 0.05) is 39.4 Å². The van der Waals surface area contributed by atoms with Gasteiger partial charge in [0.1, 0.15) is 5.75 Å². The Kier molecular flexibility index (Phi) is 7.12. The summed E-state index contributed by atoms with van der Waals surface area (Å²) in [5, 5.41) is 0. The first-order chi connectivity index (χ1) is 14.3. The molecule has 1 fully saturated rings. The Hall–Kier alpha value is -2.42. The minimum absolute atomic E-state index is 0.00736. The van der Waals surface area contributed by atoms with Crippen LogP contribution < -0.4 is 4.74 Å². The molecule has 1 aliphatic heterocycles. The van der Waals surface area contributed by atoms with E-state index in [2.05, 4.69) is 0 Å². The summed E-state index contributed by atoms with van der Waals surface area (Å²) in [5.74, 6) is 0.567. The number of carbonyl (C=O) groups excluding carboxylic acids is 1. The van der Waals surface area contributed by atoms with Gasteiger partial charge in [0.05, 0.1) is 18.1 Å². The number of hydrogen-bond donors (Lipinski definition) is 0. The van der Waals surface area contributed by atoms with Gasteiger partial charge in [-0.3, -0.25) is 4.79 Å². The predicted octanol–water partition coefficient (Wildman–Crippen LogP) is 2.77. The number of carbonyl (C=O) groups is 1. The minimum atomic E-state index is -3.54. The number of methoxy groups -OCH3 is 1. The molecule has 3 rings (SSSR count). The normalized spacial score (nSPS) is 16.6. The molecule has 0 radical (unpaired) electrons. The van der Waals surface area contributed by atoms with E-state index in [1.165, 1.54) is 26.2 Å². The first-order valence-electron chi connectivity index (χ1n) is 9.87. The maximum atomic E-state index is 13.3. The van der Waals surface area contributed by atoms with Crippen molar-refractivity contribution >= 4 is 15.9 Å². The van der Waals surface area contributed by atoms with E-state index in [9.17, 15) is 13.2 Å². The highest BCUT2D eigenvalue weighted by Crippen LogP contribution is 2.21. The molecule has 0 N–H and O–H groups in total. The van der Waals surface area contributed by atoms with E-state index >= 15 is 0 Å². The van der Waals surface area contributed by atoms with E-state index in [0.29, 0.717) is 25.3 Å². The summed E-state index contributed by atoms with van der Waals surface area (Å²) in [6.07, 6.45) is 1.91. The molecule has 1 atom stereocenters. The van der Waals surface area contributed by atoms with Crippen LogP contribution in [0.4, 0.5) is 0 Å². The van der Waals surface area contributed by atoms with Gasteiger partial charge in [-0.1, -0.05) is 12.1 Å². The topological polar surface area (TPSA) is 76.1 Å². The van der Waals surface area contributed by atoms with Crippen LogP contribution in [0.1, 0.15) is 28.8 Å². The zero-order valence-electron chi connectivity index (χ0n) is 17.6. The van der Waals surface area contributed by atoms with Crippen molar-refractivity contribution in [2.75, 3.05) is 34.4 Å². The number of hydrogen-bond acceptors (Lipinski definition) is 5. The standard InChI is InChI=1S/C22H28N2O5S/c1-23(2)30(26,27)21-11-9-18(10-12-21)22(25)24(16-20-8-5-13-29-20)15-17-6-4-7-19(14-17)28-3/h4,6-7,9-12,14,20H,5,8,13,15-16H2,1-3H3/t20-/m0/s1. The molecule has 1 heterocycles. The van der Waals surface area contributed by atoms with Gasteiger partial charge < -0.3 is 14.4 Å². The minimum Gasteiger partial charge on any atom is -0.497 e. The van der Waals surface area contributed by atoms with Crippen molar-refractivity contribution in [3.63, 3.8) is 0 Å². The summed E-state index contributed by atoms with van der Waals surface area (Å²) in [6, 6.07) is 13.7. The largest absolute Gasteiger partial charge is 0.497 e. The van der Waals surface area contributed by atoms with Crippen molar-refractivity contribution in [1.82, 2.24) is 9.21 Å². The molecule has 0 aromatic heterocycles. The Morgan fingerprint density at radius 1 is 1.17 bits per heavy atom. The molecule has 1 aliphatic rings. The van der Waals surface area contributed by atoms with Crippen molar-refractivity contribution in [1.29, 1.82) is 0 Å². The van der Waals surface area contributed by atoms with E-state index in [0.717, 1.165) is 28.5 Å². The Morgan fingerprint density at radius 3 is 2.50 bits per heavy atom. The Bertz CT molecular complexity index is 967. The van der Waals surface area contributed by atoms with E-state index < -0.39 is 10.0 Å². The molecular weight excluding hydrogens is 404 g/mol. The molecule has 1 amide bonds. The number of benzene rings is 2. The molecule has 30 heavy (non-hydrogen) atoms. The van der Waals surface area contributed by atoms with Crippen molar-refractivity contribution in [2.45, 2.75) is 30.4 Å². The molecular formula is C22H28N2O5S. The third-order valence-electron chi connectivity index (χ3n) is 5.12. The highest BCUT2D eigenvalue weighted by atomic mass is 32.2. The lowest BCUT2D eigenvalue weighted by molar-refractivity contribution is 0.0507. The number of sulfonamides is 1. The van der Waals surface area contributed by atoms with Gasteiger partial charge in [0.25, 0.3) is 5.91 Å². The molecule has 7 nitrogen and oxygen atoms in total. The van der Waals surface area contributed by atoms with E-state index in [1.54, 1.807) is 24.1 Å². The smallest absolute Gasteiger partial charge is 0.254 e. The van der Waals surface area contributed by atoms with Gasteiger partial charge in [-0.25, -0.2) is 12.7 Å². The van der Waals surface area contributed by atoms with E-state index in [1.807, 2.05) is 24.3 Å². The van der Waals surface area contributed by atoms with Crippen molar-refractivity contribution in [2.24, 2.45) is 0 Å². The van der Waals surface area contributed by atoms with Crippen LogP contribution in [0.2, 0.25) is 0 Å². The lowest BCUT2D eigenvalue weighted by Crippen LogP contribution is -2.37. The third kappa shape index (κ3) is 5.19. The van der Waals surface area contributed by atoms with Crippen LogP contribution in [0.15, 0.2) is 53.4 Å². The van der Waals surface area contributed by atoms with Crippen molar-refractivity contribution in [3.8, 4) is 5.75 Å². The summed E-state index contributed by atoms with van der Waals surface area (Å²) >= 11 is 0. The highest BCUT2D eigenvalue weighted by molar-refractivity contribution is 7.89. The van der Waals surface area contributed by atoms with Gasteiger partial charge in [-0.2, -0.15) is 0 Å². The fourth-order valence-corrected chi connectivity index (χ4v) is 4.31. The van der Waals surface area contributed by atoms with Crippen molar-refractivity contribution < 1.29 is 22.7 Å². The summed E-state index contributed by atoms with van der Waals surface area (Å²) < 4.78 is 36.7. The zero-order chi connectivity index (χ0) is 21.7. The maximum absolute atomic E-state index is 13.3. The quantitative estimate of drug-likeness (QED) is 0.641. The van der Waals surface area contributed by atoms with Crippen molar-refractivity contribution in [3.05, 3.63) is 59.7 Å². The molecule has 2 aromatic rings. The Labute approximate surface area is 178 Å². The zero-order valence-corrected chi connectivity index (χ0v) is 18.4. The Balaban J connectivity index is 1.83. The summed E-state index contributed by atoms with van der Waals surface area (Å²) in [6.45, 7) is 1.60. The molecule has 0 spiro atoms. The predicted molar refractivity (Wildman–Crippen MR) is 114 cm³/mol. The number of rotatable bonds is 8. The van der Waals surface area contributed by atoms with Crippen LogP contribution in [-0.2, 0) is 21.3 Å². The van der Waals surface area contributed by atoms with E-state index in [-0.39, 0.29) is 16.9 Å². The lowest BCUT2D eigenvalue weighted by Gasteiger charge is -2.26. The Morgan fingerprint density at radius 2 is 1.90 bits per heavy atom. The SMILES string of the molecule is COc1cccc(CN(C[C@@H]2CCCO2)C(=O)c2ccc(S(=O)(=O)N(C)C)cc2)c1. The van der Waals surface area contributed by atoms with Gasteiger partial charge in [0.2, 0.25) is 10.0 Å². The van der Waals surface area contributed by atoms with Crippen LogP contribution in [-0.4, -0.2) is 64.0 Å². The maximum Gasteiger partial charge on any atom is 0.254 e. The second-order valence-electron chi connectivity index (χ2n) is 7.48. The second-order valence-corrected chi connectivity index (χ2v) is 9.64. The molecule has 162 valence electrons. The van der Waals surface area contributed by atoms with Crippen LogP contribution >= 0.6 is 0 Å². The van der Waals surface area contributed by atoms with Gasteiger partial charge >= 0.3 is 0 Å². The van der Waals surface area contributed by atoms with Crippen LogP contribution in [0, 0.1) is 0 Å². The summed E-state index contributed by atoms with van der Waals surface area (Å²) in [5.41, 5.74) is 1.39. The van der Waals surface area contributed by atoms with Crippen LogP contribution in [0.5, 0.6) is 5.75 Å².